The van der Waals surface area contributed by atoms with Gasteiger partial charge in [0.25, 0.3) is 0 Å². The first-order valence-corrected chi connectivity index (χ1v) is 12.2. The molecule has 7 nitrogen and oxygen atoms in total. The highest BCUT2D eigenvalue weighted by Gasteiger charge is 2.55. The second-order valence-corrected chi connectivity index (χ2v) is 9.81. The Morgan fingerprint density at radius 1 is 1.09 bits per heavy atom. The summed E-state index contributed by atoms with van der Waals surface area (Å²) in [6.07, 6.45) is 4.03. The zero-order valence-corrected chi connectivity index (χ0v) is 20.2. The minimum atomic E-state index is -0.524. The summed E-state index contributed by atoms with van der Waals surface area (Å²) in [5.74, 6) is -1.97. The number of allylic oxidation sites excluding steroid dienone is 6. The van der Waals surface area contributed by atoms with E-state index in [2.05, 4.69) is 15.9 Å². The van der Waals surface area contributed by atoms with E-state index in [4.69, 9.17) is 9.84 Å². The van der Waals surface area contributed by atoms with Crippen molar-refractivity contribution in [2.45, 2.75) is 25.7 Å². The molecule has 1 fully saturated rings. The van der Waals surface area contributed by atoms with Crippen LogP contribution in [0, 0.1) is 17.8 Å². The second kappa shape index (κ2) is 8.74. The van der Waals surface area contributed by atoms with Crippen LogP contribution in [0.3, 0.4) is 0 Å². The predicted octanol–water partition coefficient (Wildman–Crippen LogP) is 2.84. The van der Waals surface area contributed by atoms with Crippen LogP contribution in [0.1, 0.15) is 31.2 Å². The molecule has 1 aromatic rings. The van der Waals surface area contributed by atoms with E-state index in [1.165, 1.54) is 11.0 Å². The number of ketones is 2. The Morgan fingerprint density at radius 2 is 1.82 bits per heavy atom. The topological polar surface area (TPSA) is 101 Å². The fourth-order valence-corrected chi connectivity index (χ4v) is 6.33. The number of likely N-dealkylation sites (tertiary alicyclic amines) is 1. The number of aliphatic hydroxyl groups excluding tert-OH is 1. The monoisotopic (exact) mass is 525 g/mol. The lowest BCUT2D eigenvalue weighted by Crippen LogP contribution is -2.39. The number of rotatable bonds is 5. The third-order valence-electron chi connectivity index (χ3n) is 7.31. The molecule has 176 valence electrons. The van der Waals surface area contributed by atoms with Crippen molar-refractivity contribution in [1.82, 2.24) is 4.90 Å². The standard InChI is InChI=1S/C26H24BrNO6/c1-2-28-25(32)16-8-7-15-17(22(16)26(28)33)11-18-23(20(30)12-19(27)24(18)31)21(15)13-3-5-14(6-4-13)34-10-9-29/h3-7,12,16-17,21-22,29H,2,8-11H2,1H3. The van der Waals surface area contributed by atoms with Crippen LogP contribution < -0.4 is 4.74 Å². The number of ether oxygens (including phenoxy) is 1. The van der Waals surface area contributed by atoms with Gasteiger partial charge in [-0.05, 0) is 59.3 Å². The average molecular weight is 526 g/mol. The smallest absolute Gasteiger partial charge is 0.233 e. The Balaban J connectivity index is 1.62. The summed E-state index contributed by atoms with van der Waals surface area (Å²) in [4.78, 5) is 53.7. The van der Waals surface area contributed by atoms with Gasteiger partial charge in [0.05, 0.1) is 22.9 Å². The van der Waals surface area contributed by atoms with Gasteiger partial charge in [0.1, 0.15) is 12.4 Å². The number of carbonyl (C=O) groups is 4. The number of aliphatic hydroxyl groups is 1. The molecule has 1 heterocycles. The molecule has 1 N–H and O–H groups in total. The van der Waals surface area contributed by atoms with Gasteiger partial charge in [-0.2, -0.15) is 0 Å². The molecular weight excluding hydrogens is 502 g/mol. The largest absolute Gasteiger partial charge is 0.491 e. The van der Waals surface area contributed by atoms with E-state index in [-0.39, 0.29) is 53.4 Å². The van der Waals surface area contributed by atoms with Crippen molar-refractivity contribution in [1.29, 1.82) is 0 Å². The molecule has 0 radical (unpaired) electrons. The fourth-order valence-electron chi connectivity index (χ4n) is 5.88. The molecule has 0 bridgehead atoms. The van der Waals surface area contributed by atoms with Crippen LogP contribution in [0.4, 0.5) is 0 Å². The van der Waals surface area contributed by atoms with Gasteiger partial charge in [0, 0.05) is 29.7 Å². The number of imide groups is 1. The lowest BCUT2D eigenvalue weighted by atomic mass is 9.59. The van der Waals surface area contributed by atoms with E-state index in [9.17, 15) is 19.2 Å². The third-order valence-corrected chi connectivity index (χ3v) is 7.90. The Kier molecular flexibility index (Phi) is 5.90. The molecule has 8 heteroatoms. The lowest BCUT2D eigenvalue weighted by molar-refractivity contribution is -0.139. The van der Waals surface area contributed by atoms with Crippen LogP contribution in [-0.4, -0.2) is 53.1 Å². The number of carbonyl (C=O) groups excluding carboxylic acids is 4. The minimum Gasteiger partial charge on any atom is -0.491 e. The van der Waals surface area contributed by atoms with Crippen LogP contribution in [0.15, 0.2) is 57.6 Å². The van der Waals surface area contributed by atoms with E-state index in [0.717, 1.165) is 11.1 Å². The molecule has 0 spiro atoms. The zero-order valence-electron chi connectivity index (χ0n) is 18.6. The van der Waals surface area contributed by atoms with Crippen molar-refractivity contribution >= 4 is 39.3 Å². The Morgan fingerprint density at radius 3 is 2.50 bits per heavy atom. The zero-order chi connectivity index (χ0) is 24.1. The molecule has 3 aliphatic carbocycles. The van der Waals surface area contributed by atoms with Gasteiger partial charge in [-0.3, -0.25) is 24.1 Å². The van der Waals surface area contributed by atoms with Crippen LogP contribution in [0.25, 0.3) is 0 Å². The Bertz CT molecular complexity index is 1190. The highest BCUT2D eigenvalue weighted by atomic mass is 79.9. The molecule has 0 aromatic heterocycles. The number of amides is 2. The summed E-state index contributed by atoms with van der Waals surface area (Å²) in [6, 6.07) is 7.24. The number of nitrogens with zero attached hydrogens (tertiary/aromatic N) is 1. The molecule has 1 saturated heterocycles. The summed E-state index contributed by atoms with van der Waals surface area (Å²) < 4.78 is 5.68. The fraction of sp³-hybridized carbons (Fsp3) is 0.385. The van der Waals surface area contributed by atoms with Gasteiger partial charge in [0.15, 0.2) is 11.6 Å². The van der Waals surface area contributed by atoms with Crippen molar-refractivity contribution in [3.8, 4) is 5.75 Å². The summed E-state index contributed by atoms with van der Waals surface area (Å²) in [5.41, 5.74) is 2.61. The van der Waals surface area contributed by atoms with Crippen LogP contribution in [0.5, 0.6) is 5.75 Å². The van der Waals surface area contributed by atoms with Gasteiger partial charge in [-0.15, -0.1) is 0 Å². The first-order chi connectivity index (χ1) is 16.4. The maximum absolute atomic E-state index is 13.2. The number of fused-ring (bicyclic) bond motifs is 3. The van der Waals surface area contributed by atoms with Gasteiger partial charge in [-0.1, -0.05) is 23.8 Å². The Labute approximate surface area is 205 Å². The summed E-state index contributed by atoms with van der Waals surface area (Å²) in [7, 11) is 0. The second-order valence-electron chi connectivity index (χ2n) is 8.96. The Hall–Kier alpha value is -2.84. The van der Waals surface area contributed by atoms with Gasteiger partial charge in [-0.25, -0.2) is 0 Å². The molecule has 1 aliphatic heterocycles. The first kappa shape index (κ1) is 22.9. The number of Topliss-reactive ketones (excluding diaryl/α,β-unsaturated/α-hetero) is 1. The van der Waals surface area contributed by atoms with E-state index in [1.54, 1.807) is 19.1 Å². The van der Waals surface area contributed by atoms with Crippen molar-refractivity contribution in [3.63, 3.8) is 0 Å². The molecule has 4 atom stereocenters. The normalized spacial score (nSPS) is 28.4. The number of hydrogen-bond acceptors (Lipinski definition) is 6. The van der Waals surface area contributed by atoms with Crippen LogP contribution in [0.2, 0.25) is 0 Å². The summed E-state index contributed by atoms with van der Waals surface area (Å²) in [5, 5.41) is 9.00. The number of hydrogen-bond donors (Lipinski definition) is 1. The molecule has 0 saturated carbocycles. The van der Waals surface area contributed by atoms with E-state index >= 15 is 0 Å². The molecule has 4 unspecified atom stereocenters. The lowest BCUT2D eigenvalue weighted by Gasteiger charge is -2.42. The molecule has 1 aromatic carbocycles. The summed E-state index contributed by atoms with van der Waals surface area (Å²) in [6.45, 7) is 2.18. The predicted molar refractivity (Wildman–Crippen MR) is 126 cm³/mol. The van der Waals surface area contributed by atoms with Gasteiger partial charge < -0.3 is 9.84 Å². The third kappa shape index (κ3) is 3.43. The van der Waals surface area contributed by atoms with Crippen LogP contribution >= 0.6 is 15.9 Å². The maximum atomic E-state index is 13.2. The quantitative estimate of drug-likeness (QED) is 0.360. The highest BCUT2D eigenvalue weighted by Crippen LogP contribution is 2.55. The first-order valence-electron chi connectivity index (χ1n) is 11.4. The van der Waals surface area contributed by atoms with Crippen molar-refractivity contribution in [3.05, 3.63) is 63.2 Å². The molecule has 2 amide bonds. The van der Waals surface area contributed by atoms with Crippen molar-refractivity contribution < 1.29 is 29.0 Å². The maximum Gasteiger partial charge on any atom is 0.233 e. The summed E-state index contributed by atoms with van der Waals surface area (Å²) >= 11 is 3.23. The van der Waals surface area contributed by atoms with E-state index in [1.807, 2.05) is 18.2 Å². The molecule has 4 aliphatic rings. The van der Waals surface area contributed by atoms with Crippen molar-refractivity contribution in [2.24, 2.45) is 17.8 Å². The van der Waals surface area contributed by atoms with Crippen molar-refractivity contribution in [2.75, 3.05) is 19.8 Å². The SMILES string of the molecule is CCN1C(=O)C2CC=C3C(c4ccc(OCCO)cc4)C4=C(CC3C2C1=O)C(=O)C(Br)=CC4=O. The molecule has 5 rings (SSSR count). The average Bonchev–Trinajstić information content (AvgIpc) is 3.09. The number of benzene rings is 1. The van der Waals surface area contributed by atoms with Gasteiger partial charge >= 0.3 is 0 Å². The van der Waals surface area contributed by atoms with E-state index < -0.39 is 17.8 Å². The molecular formula is C26H24BrNO6. The molecule has 34 heavy (non-hydrogen) atoms. The van der Waals surface area contributed by atoms with Gasteiger partial charge in [0.2, 0.25) is 11.8 Å². The van der Waals surface area contributed by atoms with E-state index in [0.29, 0.717) is 29.9 Å². The number of halogens is 1. The highest BCUT2D eigenvalue weighted by molar-refractivity contribution is 9.12. The van der Waals surface area contributed by atoms with Crippen LogP contribution in [-0.2, 0) is 19.2 Å². The minimum absolute atomic E-state index is 0.100.